The van der Waals surface area contributed by atoms with Crippen LogP contribution in [0.25, 0.3) is 5.69 Å². The molecule has 1 aromatic heterocycles. The third kappa shape index (κ3) is 1.46. The van der Waals surface area contributed by atoms with Crippen molar-refractivity contribution < 1.29 is 5.11 Å². The van der Waals surface area contributed by atoms with E-state index in [0.29, 0.717) is 0 Å². The third-order valence-corrected chi connectivity index (χ3v) is 2.06. The predicted molar refractivity (Wildman–Crippen MR) is 52.4 cm³/mol. The van der Waals surface area contributed by atoms with Gasteiger partial charge < -0.3 is 5.11 Å². The van der Waals surface area contributed by atoms with Crippen LogP contribution in [0.3, 0.4) is 0 Å². The molecule has 0 unspecified atom stereocenters. The molecule has 0 aliphatic rings. The van der Waals surface area contributed by atoms with Crippen molar-refractivity contribution >= 4 is 0 Å². The van der Waals surface area contributed by atoms with E-state index in [1.54, 1.807) is 18.5 Å². The number of aromatic hydroxyl groups is 1. The average Bonchev–Trinajstić information content (AvgIpc) is 2.67. The first-order chi connectivity index (χ1) is 6.81. The van der Waals surface area contributed by atoms with Gasteiger partial charge in [-0.1, -0.05) is 6.92 Å². The van der Waals surface area contributed by atoms with Gasteiger partial charge >= 0.3 is 0 Å². The number of rotatable bonds is 2. The fraction of sp³-hybridized carbons (Fsp3) is 0.200. The Balaban J connectivity index is 2.44. The topological polar surface area (TPSA) is 50.9 Å². The molecule has 72 valence electrons. The fourth-order valence-corrected chi connectivity index (χ4v) is 1.33. The van der Waals surface area contributed by atoms with Crippen molar-refractivity contribution in [2.24, 2.45) is 0 Å². The van der Waals surface area contributed by atoms with Gasteiger partial charge in [0.05, 0.1) is 0 Å². The van der Waals surface area contributed by atoms with Crippen LogP contribution in [0.1, 0.15) is 12.7 Å². The Labute approximate surface area is 81.8 Å². The zero-order chi connectivity index (χ0) is 9.97. The zero-order valence-corrected chi connectivity index (χ0v) is 7.88. The molecule has 0 bridgehead atoms. The summed E-state index contributed by atoms with van der Waals surface area (Å²) < 4.78 is 1.90. The SMILES string of the molecule is CCc1nncn1-c1ccc(O)cc1. The molecule has 1 aromatic carbocycles. The normalized spacial score (nSPS) is 10.4. The number of hydrogen-bond donors (Lipinski definition) is 1. The van der Waals surface area contributed by atoms with Crippen molar-refractivity contribution in [3.05, 3.63) is 36.4 Å². The number of benzene rings is 1. The van der Waals surface area contributed by atoms with Crippen molar-refractivity contribution in [3.8, 4) is 11.4 Å². The third-order valence-electron chi connectivity index (χ3n) is 2.06. The van der Waals surface area contributed by atoms with Crippen LogP contribution >= 0.6 is 0 Å². The van der Waals surface area contributed by atoms with Gasteiger partial charge in [0.15, 0.2) is 0 Å². The van der Waals surface area contributed by atoms with E-state index in [0.717, 1.165) is 17.9 Å². The monoisotopic (exact) mass is 189 g/mol. The molecule has 1 N–H and O–H groups in total. The number of aryl methyl sites for hydroxylation is 1. The van der Waals surface area contributed by atoms with Gasteiger partial charge in [-0.15, -0.1) is 10.2 Å². The summed E-state index contributed by atoms with van der Waals surface area (Å²) >= 11 is 0. The number of aromatic nitrogens is 3. The molecule has 14 heavy (non-hydrogen) atoms. The lowest BCUT2D eigenvalue weighted by Crippen LogP contribution is -1.98. The minimum atomic E-state index is 0.264. The number of hydrogen-bond acceptors (Lipinski definition) is 3. The van der Waals surface area contributed by atoms with Crippen LogP contribution in [-0.4, -0.2) is 19.9 Å². The van der Waals surface area contributed by atoms with Crippen LogP contribution in [0.4, 0.5) is 0 Å². The highest BCUT2D eigenvalue weighted by atomic mass is 16.3. The molecule has 0 aliphatic carbocycles. The van der Waals surface area contributed by atoms with Crippen LogP contribution in [-0.2, 0) is 6.42 Å². The maximum Gasteiger partial charge on any atom is 0.137 e. The summed E-state index contributed by atoms with van der Waals surface area (Å²) in [5.74, 6) is 1.18. The Morgan fingerprint density at radius 1 is 1.29 bits per heavy atom. The summed E-state index contributed by atoms with van der Waals surface area (Å²) in [6, 6.07) is 6.96. The molecular weight excluding hydrogens is 178 g/mol. The highest BCUT2D eigenvalue weighted by molar-refractivity contribution is 5.37. The molecule has 0 spiro atoms. The Bertz CT molecular complexity index is 419. The second-order valence-corrected chi connectivity index (χ2v) is 2.99. The molecule has 4 nitrogen and oxygen atoms in total. The summed E-state index contributed by atoms with van der Waals surface area (Å²) in [5.41, 5.74) is 0.963. The first-order valence-corrected chi connectivity index (χ1v) is 4.49. The van der Waals surface area contributed by atoms with Crippen molar-refractivity contribution in [3.63, 3.8) is 0 Å². The molecule has 0 amide bonds. The van der Waals surface area contributed by atoms with E-state index in [2.05, 4.69) is 10.2 Å². The first-order valence-electron chi connectivity index (χ1n) is 4.49. The zero-order valence-electron chi connectivity index (χ0n) is 7.88. The van der Waals surface area contributed by atoms with Gasteiger partial charge in [0.2, 0.25) is 0 Å². The van der Waals surface area contributed by atoms with Crippen LogP contribution in [0.2, 0.25) is 0 Å². The van der Waals surface area contributed by atoms with Crippen molar-refractivity contribution in [1.82, 2.24) is 14.8 Å². The Morgan fingerprint density at radius 3 is 2.64 bits per heavy atom. The number of phenols is 1. The lowest BCUT2D eigenvalue weighted by molar-refractivity contribution is 0.475. The predicted octanol–water partition coefficient (Wildman–Crippen LogP) is 1.54. The van der Waals surface area contributed by atoms with Crippen LogP contribution in [0.15, 0.2) is 30.6 Å². The van der Waals surface area contributed by atoms with Crippen molar-refractivity contribution in [2.75, 3.05) is 0 Å². The van der Waals surface area contributed by atoms with Gasteiger partial charge in [-0.3, -0.25) is 4.57 Å². The van der Waals surface area contributed by atoms with E-state index in [4.69, 9.17) is 5.11 Å². The summed E-state index contributed by atoms with van der Waals surface area (Å²) in [6.07, 6.45) is 2.51. The lowest BCUT2D eigenvalue weighted by atomic mass is 10.3. The van der Waals surface area contributed by atoms with Crippen LogP contribution in [0.5, 0.6) is 5.75 Å². The highest BCUT2D eigenvalue weighted by Gasteiger charge is 2.03. The Kier molecular flexibility index (Phi) is 2.18. The van der Waals surface area contributed by atoms with Crippen LogP contribution < -0.4 is 0 Å². The molecule has 0 radical (unpaired) electrons. The molecule has 2 rings (SSSR count). The van der Waals surface area contributed by atoms with E-state index in [9.17, 15) is 0 Å². The molecule has 0 aliphatic heterocycles. The molecule has 1 heterocycles. The second kappa shape index (κ2) is 3.49. The highest BCUT2D eigenvalue weighted by Crippen LogP contribution is 2.14. The Morgan fingerprint density at radius 2 is 2.00 bits per heavy atom. The smallest absolute Gasteiger partial charge is 0.137 e. The molecule has 2 aromatic rings. The summed E-state index contributed by atoms with van der Waals surface area (Å²) in [4.78, 5) is 0. The number of phenolic OH excluding ortho intramolecular Hbond substituents is 1. The first kappa shape index (κ1) is 8.74. The van der Waals surface area contributed by atoms with Crippen molar-refractivity contribution in [1.29, 1.82) is 0 Å². The average molecular weight is 189 g/mol. The minimum Gasteiger partial charge on any atom is -0.508 e. The summed E-state index contributed by atoms with van der Waals surface area (Å²) in [6.45, 7) is 2.03. The number of nitrogens with zero attached hydrogens (tertiary/aromatic N) is 3. The summed E-state index contributed by atoms with van der Waals surface area (Å²) in [5, 5.41) is 17.0. The van der Waals surface area contributed by atoms with E-state index < -0.39 is 0 Å². The quantitative estimate of drug-likeness (QED) is 0.779. The minimum absolute atomic E-state index is 0.264. The lowest BCUT2D eigenvalue weighted by Gasteiger charge is -2.04. The molecular formula is C10H11N3O. The molecule has 4 heteroatoms. The van der Waals surface area contributed by atoms with Gasteiger partial charge in [-0.25, -0.2) is 0 Å². The van der Waals surface area contributed by atoms with E-state index in [-0.39, 0.29) is 5.75 Å². The second-order valence-electron chi connectivity index (χ2n) is 2.99. The van der Waals surface area contributed by atoms with E-state index >= 15 is 0 Å². The standard InChI is InChI=1S/C10H11N3O/c1-2-10-12-11-7-13(10)8-3-5-9(14)6-4-8/h3-7,14H,2H2,1H3. The molecule has 0 saturated heterocycles. The van der Waals surface area contributed by atoms with Gasteiger partial charge in [0, 0.05) is 12.1 Å². The molecule has 0 atom stereocenters. The maximum absolute atomic E-state index is 9.14. The van der Waals surface area contributed by atoms with Crippen molar-refractivity contribution in [2.45, 2.75) is 13.3 Å². The largest absolute Gasteiger partial charge is 0.508 e. The fourth-order valence-electron chi connectivity index (χ4n) is 1.33. The van der Waals surface area contributed by atoms with Gasteiger partial charge in [-0.05, 0) is 24.3 Å². The van der Waals surface area contributed by atoms with Crippen LogP contribution in [0, 0.1) is 0 Å². The van der Waals surface area contributed by atoms with Gasteiger partial charge in [0.25, 0.3) is 0 Å². The Hall–Kier alpha value is -1.84. The maximum atomic E-state index is 9.14. The molecule has 0 fully saturated rings. The van der Waals surface area contributed by atoms with Gasteiger partial charge in [0.1, 0.15) is 17.9 Å². The van der Waals surface area contributed by atoms with E-state index in [1.807, 2.05) is 23.6 Å². The van der Waals surface area contributed by atoms with E-state index in [1.165, 1.54) is 0 Å². The summed E-state index contributed by atoms with van der Waals surface area (Å²) in [7, 11) is 0. The molecule has 0 saturated carbocycles. The van der Waals surface area contributed by atoms with Gasteiger partial charge in [-0.2, -0.15) is 0 Å².